The zero-order valence-corrected chi connectivity index (χ0v) is 13.5. The summed E-state index contributed by atoms with van der Waals surface area (Å²) in [6, 6.07) is 3.89. The van der Waals surface area contributed by atoms with Crippen molar-refractivity contribution in [1.29, 1.82) is 0 Å². The third-order valence-electron chi connectivity index (χ3n) is 3.12. The van der Waals surface area contributed by atoms with Crippen molar-refractivity contribution < 1.29 is 4.79 Å². The van der Waals surface area contributed by atoms with Crippen LogP contribution in [-0.2, 0) is 11.3 Å². The van der Waals surface area contributed by atoms with Gasteiger partial charge in [0.15, 0.2) is 5.65 Å². The van der Waals surface area contributed by atoms with Crippen LogP contribution in [0.4, 0.5) is 5.95 Å². The van der Waals surface area contributed by atoms with Gasteiger partial charge in [0, 0.05) is 18.7 Å². The number of anilines is 1. The molecule has 21 heavy (non-hydrogen) atoms. The van der Waals surface area contributed by atoms with Crippen LogP contribution in [0.25, 0.3) is 11.2 Å². The Morgan fingerprint density at radius 1 is 1.19 bits per heavy atom. The minimum absolute atomic E-state index is 0.00188. The molecule has 0 bridgehead atoms. The molecule has 114 valence electrons. The normalized spacial score (nSPS) is 11.6. The summed E-state index contributed by atoms with van der Waals surface area (Å²) in [7, 11) is 0. The van der Waals surface area contributed by atoms with Crippen molar-refractivity contribution >= 4 is 23.0 Å². The average molecular weight is 288 g/mol. The smallest absolute Gasteiger partial charge is 0.226 e. The maximum atomic E-state index is 12.0. The van der Waals surface area contributed by atoms with Gasteiger partial charge in [-0.1, -0.05) is 27.7 Å². The van der Waals surface area contributed by atoms with E-state index < -0.39 is 0 Å². The Kier molecular flexibility index (Phi) is 4.60. The first kappa shape index (κ1) is 15.5. The summed E-state index contributed by atoms with van der Waals surface area (Å²) in [4.78, 5) is 21.1. The molecule has 0 aromatic carbocycles. The van der Waals surface area contributed by atoms with Gasteiger partial charge in [-0.3, -0.25) is 14.7 Å². The molecule has 1 N–H and O–H groups in total. The number of nitrogens with zero attached hydrogens (tertiary/aromatic N) is 3. The molecule has 0 aliphatic rings. The van der Waals surface area contributed by atoms with E-state index in [-0.39, 0.29) is 5.91 Å². The molecular weight excluding hydrogens is 264 g/mol. The highest BCUT2D eigenvalue weighted by Crippen LogP contribution is 2.20. The van der Waals surface area contributed by atoms with E-state index in [2.05, 4.69) is 29.1 Å². The number of fused-ring (bicyclic) bond motifs is 1. The molecule has 2 heterocycles. The van der Waals surface area contributed by atoms with Crippen LogP contribution in [0.1, 0.15) is 39.8 Å². The fraction of sp³-hybridized carbons (Fsp3) is 0.562. The molecule has 0 aliphatic carbocycles. The second-order valence-electron chi connectivity index (χ2n) is 6.38. The van der Waals surface area contributed by atoms with Crippen molar-refractivity contribution in [1.82, 2.24) is 14.5 Å². The number of rotatable bonds is 5. The Balaban J connectivity index is 2.39. The molecule has 0 atom stereocenters. The Hall–Kier alpha value is -1.91. The van der Waals surface area contributed by atoms with E-state index in [1.165, 1.54) is 0 Å². The highest BCUT2D eigenvalue weighted by Gasteiger charge is 2.16. The molecule has 5 heteroatoms. The number of imidazole rings is 1. The largest absolute Gasteiger partial charge is 0.296 e. The van der Waals surface area contributed by atoms with E-state index in [1.54, 1.807) is 0 Å². The van der Waals surface area contributed by atoms with Crippen molar-refractivity contribution in [2.24, 2.45) is 11.8 Å². The van der Waals surface area contributed by atoms with Gasteiger partial charge in [-0.15, -0.1) is 0 Å². The maximum Gasteiger partial charge on any atom is 0.226 e. The summed E-state index contributed by atoms with van der Waals surface area (Å²) in [5.74, 6) is 1.38. The van der Waals surface area contributed by atoms with Gasteiger partial charge >= 0.3 is 0 Å². The quantitative estimate of drug-likeness (QED) is 0.917. The monoisotopic (exact) mass is 288 g/mol. The van der Waals surface area contributed by atoms with Crippen LogP contribution in [0.3, 0.4) is 0 Å². The summed E-state index contributed by atoms with van der Waals surface area (Å²) in [6.45, 7) is 11.1. The van der Waals surface area contributed by atoms with Gasteiger partial charge in [-0.05, 0) is 30.9 Å². The molecule has 0 saturated carbocycles. The SMILES string of the molecule is Cc1ccc2nc(NC(=O)CC(C)C)n(CC(C)C)c2n1. The first-order valence-corrected chi connectivity index (χ1v) is 7.50. The Bertz CT molecular complexity index is 643. The third kappa shape index (κ3) is 3.80. The van der Waals surface area contributed by atoms with E-state index in [0.717, 1.165) is 23.4 Å². The van der Waals surface area contributed by atoms with Crippen molar-refractivity contribution in [2.75, 3.05) is 5.32 Å². The second-order valence-corrected chi connectivity index (χ2v) is 6.38. The van der Waals surface area contributed by atoms with Crippen LogP contribution in [-0.4, -0.2) is 20.4 Å². The molecule has 5 nitrogen and oxygen atoms in total. The highest BCUT2D eigenvalue weighted by atomic mass is 16.1. The third-order valence-corrected chi connectivity index (χ3v) is 3.12. The number of hydrogen-bond acceptors (Lipinski definition) is 3. The van der Waals surface area contributed by atoms with Crippen molar-refractivity contribution in [3.05, 3.63) is 17.8 Å². The molecule has 0 radical (unpaired) electrons. The van der Waals surface area contributed by atoms with Gasteiger partial charge in [0.2, 0.25) is 11.9 Å². The molecule has 0 unspecified atom stereocenters. The number of aryl methyl sites for hydroxylation is 1. The van der Waals surface area contributed by atoms with Crippen LogP contribution in [0.15, 0.2) is 12.1 Å². The zero-order chi connectivity index (χ0) is 15.6. The second kappa shape index (κ2) is 6.24. The number of hydrogen-bond donors (Lipinski definition) is 1. The van der Waals surface area contributed by atoms with Gasteiger partial charge in [-0.25, -0.2) is 9.97 Å². The number of carbonyl (C=O) groups excluding carboxylic acids is 1. The standard InChI is InChI=1S/C16H24N4O/c1-10(2)8-14(21)19-16-18-13-7-6-12(5)17-15(13)20(16)9-11(3)4/h6-7,10-11H,8-9H2,1-5H3,(H,18,19,21). The Morgan fingerprint density at radius 3 is 2.52 bits per heavy atom. The lowest BCUT2D eigenvalue weighted by molar-refractivity contribution is -0.116. The van der Waals surface area contributed by atoms with Crippen LogP contribution >= 0.6 is 0 Å². The molecule has 1 amide bonds. The Morgan fingerprint density at radius 2 is 1.90 bits per heavy atom. The van der Waals surface area contributed by atoms with Crippen molar-refractivity contribution in [3.8, 4) is 0 Å². The van der Waals surface area contributed by atoms with Crippen LogP contribution in [0, 0.1) is 18.8 Å². The summed E-state index contributed by atoms with van der Waals surface area (Å²) in [5.41, 5.74) is 2.61. The lowest BCUT2D eigenvalue weighted by atomic mass is 10.1. The predicted octanol–water partition coefficient (Wildman–Crippen LogP) is 3.38. The molecule has 0 spiro atoms. The summed E-state index contributed by atoms with van der Waals surface area (Å²) < 4.78 is 2.01. The summed E-state index contributed by atoms with van der Waals surface area (Å²) in [5, 5.41) is 2.93. The fourth-order valence-corrected chi connectivity index (χ4v) is 2.28. The maximum absolute atomic E-state index is 12.0. The number of aromatic nitrogens is 3. The highest BCUT2D eigenvalue weighted by molar-refractivity contribution is 5.91. The van der Waals surface area contributed by atoms with E-state index >= 15 is 0 Å². The van der Waals surface area contributed by atoms with Gasteiger partial charge in [0.25, 0.3) is 0 Å². The molecule has 2 aromatic rings. The number of pyridine rings is 1. The lowest BCUT2D eigenvalue weighted by Crippen LogP contribution is -2.18. The van der Waals surface area contributed by atoms with Crippen LogP contribution < -0.4 is 5.32 Å². The number of nitrogens with one attached hydrogen (secondary N) is 1. The average Bonchev–Trinajstić information content (AvgIpc) is 2.65. The number of amides is 1. The van der Waals surface area contributed by atoms with Crippen LogP contribution in [0.2, 0.25) is 0 Å². The van der Waals surface area contributed by atoms with E-state index in [1.807, 2.05) is 37.5 Å². The minimum atomic E-state index is 0.00188. The Labute approximate surface area is 125 Å². The minimum Gasteiger partial charge on any atom is -0.296 e. The first-order valence-electron chi connectivity index (χ1n) is 7.50. The van der Waals surface area contributed by atoms with E-state index in [4.69, 9.17) is 0 Å². The summed E-state index contributed by atoms with van der Waals surface area (Å²) >= 11 is 0. The van der Waals surface area contributed by atoms with Crippen LogP contribution in [0.5, 0.6) is 0 Å². The van der Waals surface area contributed by atoms with Gasteiger partial charge in [0.1, 0.15) is 5.52 Å². The molecule has 0 saturated heterocycles. The van der Waals surface area contributed by atoms with Crippen molar-refractivity contribution in [2.45, 2.75) is 47.6 Å². The molecule has 2 aromatic heterocycles. The van der Waals surface area contributed by atoms with Gasteiger partial charge < -0.3 is 0 Å². The van der Waals surface area contributed by atoms with Gasteiger partial charge in [-0.2, -0.15) is 0 Å². The van der Waals surface area contributed by atoms with Gasteiger partial charge in [0.05, 0.1) is 0 Å². The molecule has 0 aliphatic heterocycles. The topological polar surface area (TPSA) is 59.8 Å². The zero-order valence-electron chi connectivity index (χ0n) is 13.5. The van der Waals surface area contributed by atoms with Crippen molar-refractivity contribution in [3.63, 3.8) is 0 Å². The molecule has 0 fully saturated rings. The predicted molar refractivity (Wildman–Crippen MR) is 85.2 cm³/mol. The first-order chi connectivity index (χ1) is 9.86. The van der Waals surface area contributed by atoms with E-state index in [0.29, 0.717) is 24.2 Å². The summed E-state index contributed by atoms with van der Waals surface area (Å²) in [6.07, 6.45) is 0.497. The fourth-order valence-electron chi connectivity index (χ4n) is 2.28. The molecule has 2 rings (SSSR count). The lowest BCUT2D eigenvalue weighted by Gasteiger charge is -2.12. The van der Waals surface area contributed by atoms with E-state index in [9.17, 15) is 4.79 Å². The number of carbonyl (C=O) groups is 1. The molecular formula is C16H24N4O.